The molecule has 5 nitrogen and oxygen atoms in total. The Labute approximate surface area is 135 Å². The van der Waals surface area contributed by atoms with Crippen molar-refractivity contribution in [3.63, 3.8) is 0 Å². The fraction of sp³-hybridized carbons (Fsp3) is 0.0556. The maximum atomic E-state index is 6.10. The van der Waals surface area contributed by atoms with Crippen LogP contribution in [0.2, 0.25) is 0 Å². The van der Waals surface area contributed by atoms with Crippen LogP contribution in [0, 0.1) is 0 Å². The van der Waals surface area contributed by atoms with Gasteiger partial charge in [0.2, 0.25) is 0 Å². The van der Waals surface area contributed by atoms with Crippen molar-refractivity contribution in [2.75, 3.05) is 16.9 Å². The summed E-state index contributed by atoms with van der Waals surface area (Å²) in [6, 6.07) is 20.4. The number of pyridine rings is 1. The molecule has 0 radical (unpaired) electrons. The van der Waals surface area contributed by atoms with E-state index in [9.17, 15) is 0 Å². The summed E-state index contributed by atoms with van der Waals surface area (Å²) in [6.07, 6.45) is 0.661. The van der Waals surface area contributed by atoms with E-state index in [4.69, 9.17) is 17.3 Å². The highest BCUT2D eigenvalue weighted by Crippen LogP contribution is 2.26. The number of aromatic nitrogens is 1. The van der Waals surface area contributed by atoms with Gasteiger partial charge in [-0.3, -0.25) is 0 Å². The van der Waals surface area contributed by atoms with Gasteiger partial charge in [0.1, 0.15) is 5.82 Å². The van der Waals surface area contributed by atoms with Gasteiger partial charge < -0.3 is 16.9 Å². The van der Waals surface area contributed by atoms with Crippen LogP contribution in [0.3, 0.4) is 0 Å². The van der Waals surface area contributed by atoms with Crippen LogP contribution in [-0.4, -0.2) is 4.98 Å². The minimum absolute atomic E-state index is 0.390. The summed E-state index contributed by atoms with van der Waals surface area (Å²) in [6.45, 7) is 0. The van der Waals surface area contributed by atoms with Gasteiger partial charge in [0, 0.05) is 0 Å². The number of nitrogens with one attached hydrogen (secondary N) is 1. The number of rotatable bonds is 4. The first kappa shape index (κ1) is 14.9. The predicted octanol–water partition coefficient (Wildman–Crippen LogP) is 2.79. The van der Waals surface area contributed by atoms with Crippen molar-refractivity contribution >= 4 is 17.3 Å². The molecule has 23 heavy (non-hydrogen) atoms. The van der Waals surface area contributed by atoms with Crippen molar-refractivity contribution in [1.29, 1.82) is 0 Å². The SMILES string of the molecule is NNc1nc(N)cc(Cc2cccc(-c3ccccc3)c2)c1N. The summed E-state index contributed by atoms with van der Waals surface area (Å²) < 4.78 is 0. The van der Waals surface area contributed by atoms with Gasteiger partial charge in [-0.15, -0.1) is 0 Å². The van der Waals surface area contributed by atoms with Crippen molar-refractivity contribution in [3.05, 3.63) is 71.8 Å². The first-order chi connectivity index (χ1) is 11.2. The maximum absolute atomic E-state index is 6.10. The first-order valence-corrected chi connectivity index (χ1v) is 7.33. The molecule has 0 fully saturated rings. The Bertz CT molecular complexity index is 815. The Morgan fingerprint density at radius 3 is 2.35 bits per heavy atom. The minimum atomic E-state index is 0.390. The largest absolute Gasteiger partial charge is 0.395 e. The zero-order valence-electron chi connectivity index (χ0n) is 12.7. The number of nitrogens with zero attached hydrogens (tertiary/aromatic N) is 1. The summed E-state index contributed by atoms with van der Waals surface area (Å²) in [5, 5.41) is 0. The second-order valence-corrected chi connectivity index (χ2v) is 5.36. The molecule has 0 aliphatic heterocycles. The van der Waals surface area contributed by atoms with Gasteiger partial charge in [-0.05, 0) is 34.7 Å². The van der Waals surface area contributed by atoms with Crippen LogP contribution in [0.1, 0.15) is 11.1 Å². The second kappa shape index (κ2) is 6.37. The molecule has 0 spiro atoms. The molecule has 0 saturated heterocycles. The molecule has 7 N–H and O–H groups in total. The van der Waals surface area contributed by atoms with Gasteiger partial charge in [-0.1, -0.05) is 54.6 Å². The lowest BCUT2D eigenvalue weighted by atomic mass is 9.99. The number of hydrazine groups is 1. The third-order valence-electron chi connectivity index (χ3n) is 3.73. The average molecular weight is 305 g/mol. The van der Waals surface area contributed by atoms with Gasteiger partial charge >= 0.3 is 0 Å². The molecule has 116 valence electrons. The molecule has 0 amide bonds. The van der Waals surface area contributed by atoms with Gasteiger partial charge in [-0.25, -0.2) is 10.8 Å². The second-order valence-electron chi connectivity index (χ2n) is 5.36. The third kappa shape index (κ3) is 3.25. The van der Waals surface area contributed by atoms with E-state index in [2.05, 4.69) is 40.7 Å². The molecular formula is C18H19N5. The van der Waals surface area contributed by atoms with Gasteiger partial charge in [0.25, 0.3) is 0 Å². The van der Waals surface area contributed by atoms with E-state index in [1.54, 1.807) is 6.07 Å². The third-order valence-corrected chi connectivity index (χ3v) is 3.73. The van der Waals surface area contributed by atoms with E-state index < -0.39 is 0 Å². The van der Waals surface area contributed by atoms with Crippen LogP contribution >= 0.6 is 0 Å². The number of nitrogens with two attached hydrogens (primary N) is 3. The van der Waals surface area contributed by atoms with Crippen molar-refractivity contribution < 1.29 is 0 Å². The van der Waals surface area contributed by atoms with Gasteiger partial charge in [0.05, 0.1) is 5.69 Å². The maximum Gasteiger partial charge on any atom is 0.165 e. The lowest BCUT2D eigenvalue weighted by Gasteiger charge is -2.12. The summed E-state index contributed by atoms with van der Waals surface area (Å²) >= 11 is 0. The van der Waals surface area contributed by atoms with Gasteiger partial charge in [-0.2, -0.15) is 0 Å². The fourth-order valence-corrected chi connectivity index (χ4v) is 2.60. The molecule has 0 unspecified atom stereocenters. The van der Waals surface area contributed by atoms with Crippen LogP contribution in [-0.2, 0) is 6.42 Å². The van der Waals surface area contributed by atoms with E-state index in [1.165, 1.54) is 11.1 Å². The standard InChI is InChI=1S/C18H19N5/c19-16-11-15(17(20)18(22-16)23-21)10-12-5-4-8-14(9-12)13-6-2-1-3-7-13/h1-9,11H,10,20-21H2,(H3,19,22,23). The smallest absolute Gasteiger partial charge is 0.165 e. The molecule has 3 aromatic rings. The molecule has 2 aromatic carbocycles. The highest BCUT2D eigenvalue weighted by Gasteiger charge is 2.09. The number of anilines is 3. The summed E-state index contributed by atoms with van der Waals surface area (Å²) in [4.78, 5) is 4.08. The zero-order chi connectivity index (χ0) is 16.2. The molecular weight excluding hydrogens is 286 g/mol. The topological polar surface area (TPSA) is 103 Å². The molecule has 0 atom stereocenters. The van der Waals surface area contributed by atoms with Gasteiger partial charge in [0.15, 0.2) is 5.82 Å². The number of nitrogen functional groups attached to an aromatic ring is 3. The van der Waals surface area contributed by atoms with Crippen molar-refractivity contribution in [3.8, 4) is 11.1 Å². The highest BCUT2D eigenvalue weighted by atomic mass is 15.3. The monoisotopic (exact) mass is 305 g/mol. The lowest BCUT2D eigenvalue weighted by molar-refractivity contribution is 1.16. The summed E-state index contributed by atoms with van der Waals surface area (Å²) in [5.74, 6) is 6.23. The Morgan fingerprint density at radius 1 is 0.870 bits per heavy atom. The summed E-state index contributed by atoms with van der Waals surface area (Å²) in [7, 11) is 0. The van der Waals surface area contributed by atoms with Crippen molar-refractivity contribution in [2.24, 2.45) is 5.84 Å². The van der Waals surface area contributed by atoms with E-state index in [0.717, 1.165) is 11.1 Å². The van der Waals surface area contributed by atoms with E-state index >= 15 is 0 Å². The minimum Gasteiger partial charge on any atom is -0.395 e. The van der Waals surface area contributed by atoms with E-state index in [1.807, 2.05) is 24.3 Å². The zero-order valence-corrected chi connectivity index (χ0v) is 12.7. The van der Waals surface area contributed by atoms with Crippen molar-refractivity contribution in [1.82, 2.24) is 4.98 Å². The molecule has 0 aliphatic carbocycles. The lowest BCUT2D eigenvalue weighted by Crippen LogP contribution is -2.13. The molecule has 0 bridgehead atoms. The Hall–Kier alpha value is -3.05. The number of hydrogen-bond acceptors (Lipinski definition) is 5. The van der Waals surface area contributed by atoms with Crippen LogP contribution in [0.25, 0.3) is 11.1 Å². The molecule has 1 heterocycles. The molecule has 5 heteroatoms. The van der Waals surface area contributed by atoms with Crippen LogP contribution in [0.5, 0.6) is 0 Å². The van der Waals surface area contributed by atoms with Crippen LogP contribution in [0.15, 0.2) is 60.7 Å². The Morgan fingerprint density at radius 2 is 1.61 bits per heavy atom. The highest BCUT2D eigenvalue weighted by molar-refractivity contribution is 5.69. The van der Waals surface area contributed by atoms with Crippen LogP contribution < -0.4 is 22.7 Å². The quantitative estimate of drug-likeness (QED) is 0.438. The molecule has 0 aliphatic rings. The number of hydrogen-bond donors (Lipinski definition) is 4. The van der Waals surface area contributed by atoms with E-state index in [-0.39, 0.29) is 0 Å². The first-order valence-electron chi connectivity index (χ1n) is 7.33. The molecule has 3 rings (SSSR count). The normalized spacial score (nSPS) is 10.5. The Kier molecular flexibility index (Phi) is 4.12. The van der Waals surface area contributed by atoms with E-state index in [0.29, 0.717) is 23.7 Å². The predicted molar refractivity (Wildman–Crippen MR) is 95.6 cm³/mol. The molecule has 1 aromatic heterocycles. The van der Waals surface area contributed by atoms with Crippen LogP contribution in [0.4, 0.5) is 17.3 Å². The average Bonchev–Trinajstić information content (AvgIpc) is 2.59. The van der Waals surface area contributed by atoms with Crippen molar-refractivity contribution in [2.45, 2.75) is 6.42 Å². The fourth-order valence-electron chi connectivity index (χ4n) is 2.60. The number of benzene rings is 2. The summed E-state index contributed by atoms with van der Waals surface area (Å²) in [5.41, 5.74) is 19.3. The molecule has 0 saturated carbocycles. The Balaban J connectivity index is 1.94.